The maximum atomic E-state index is 12.0. The number of aromatic nitrogens is 5. The van der Waals surface area contributed by atoms with Crippen LogP contribution in [0, 0.1) is 0 Å². The molecule has 0 aliphatic carbocycles. The predicted molar refractivity (Wildman–Crippen MR) is 70.0 cm³/mol. The first-order chi connectivity index (χ1) is 9.97. The second kappa shape index (κ2) is 6.03. The summed E-state index contributed by atoms with van der Waals surface area (Å²) in [5, 5.41) is 21.8. The maximum absolute atomic E-state index is 12.0. The third-order valence-electron chi connectivity index (χ3n) is 2.77. The summed E-state index contributed by atoms with van der Waals surface area (Å²) in [6.07, 6.45) is 4.27. The van der Waals surface area contributed by atoms with Crippen molar-refractivity contribution in [3.05, 3.63) is 30.1 Å². The van der Waals surface area contributed by atoms with Gasteiger partial charge < -0.3 is 15.3 Å². The van der Waals surface area contributed by atoms with Crippen LogP contribution in [0.1, 0.15) is 17.4 Å². The van der Waals surface area contributed by atoms with E-state index in [1.807, 2.05) is 0 Å². The van der Waals surface area contributed by atoms with Crippen LogP contribution in [0.4, 0.5) is 4.79 Å². The zero-order valence-electron chi connectivity index (χ0n) is 11.5. The molecule has 0 aromatic carbocycles. The van der Waals surface area contributed by atoms with Gasteiger partial charge >= 0.3 is 12.0 Å². The van der Waals surface area contributed by atoms with Gasteiger partial charge in [-0.3, -0.25) is 9.78 Å². The van der Waals surface area contributed by atoms with Gasteiger partial charge in [0.1, 0.15) is 12.2 Å². The van der Waals surface area contributed by atoms with E-state index < -0.39 is 18.0 Å². The minimum atomic E-state index is -1.16. The fraction of sp³-hybridized carbons (Fsp3) is 0.364. The molecule has 2 aromatic heterocycles. The summed E-state index contributed by atoms with van der Waals surface area (Å²) < 4.78 is 1.47. The number of aromatic amines is 1. The molecule has 2 amide bonds. The average Bonchev–Trinajstić information content (AvgIpc) is 3.06. The lowest BCUT2D eigenvalue weighted by Gasteiger charge is -2.19. The highest BCUT2D eigenvalue weighted by Gasteiger charge is 2.25. The van der Waals surface area contributed by atoms with Gasteiger partial charge in [-0.2, -0.15) is 10.2 Å². The van der Waals surface area contributed by atoms with Crippen molar-refractivity contribution in [3.8, 4) is 0 Å². The van der Waals surface area contributed by atoms with E-state index >= 15 is 0 Å². The summed E-state index contributed by atoms with van der Waals surface area (Å²) in [5.74, 6) is -0.662. The molecule has 0 bridgehead atoms. The Balaban J connectivity index is 2.03. The van der Waals surface area contributed by atoms with Crippen LogP contribution in [-0.2, 0) is 18.4 Å². The largest absolute Gasteiger partial charge is 0.479 e. The molecule has 0 aliphatic heterocycles. The van der Waals surface area contributed by atoms with Gasteiger partial charge in [0.05, 0.1) is 12.7 Å². The van der Waals surface area contributed by atoms with Crippen molar-refractivity contribution in [2.45, 2.75) is 12.6 Å². The lowest BCUT2D eigenvalue weighted by molar-refractivity contribution is -0.139. The van der Waals surface area contributed by atoms with E-state index in [-0.39, 0.29) is 6.54 Å². The van der Waals surface area contributed by atoms with E-state index in [2.05, 4.69) is 25.6 Å². The number of hydrogen-bond donors (Lipinski definition) is 3. The number of nitrogens with zero attached hydrogens (tertiary/aromatic N) is 5. The van der Waals surface area contributed by atoms with Gasteiger partial charge in [-0.1, -0.05) is 0 Å². The monoisotopic (exact) mass is 293 g/mol. The highest BCUT2D eigenvalue weighted by Crippen LogP contribution is 2.12. The molecule has 2 aromatic rings. The molecule has 112 valence electrons. The van der Waals surface area contributed by atoms with Crippen molar-refractivity contribution in [3.63, 3.8) is 0 Å². The van der Waals surface area contributed by atoms with E-state index in [9.17, 15) is 14.7 Å². The van der Waals surface area contributed by atoms with E-state index in [4.69, 9.17) is 0 Å². The molecule has 0 fully saturated rings. The lowest BCUT2D eigenvalue weighted by Crippen LogP contribution is -2.41. The lowest BCUT2D eigenvalue weighted by atomic mass is 10.1. The van der Waals surface area contributed by atoms with Crippen molar-refractivity contribution in [1.29, 1.82) is 0 Å². The summed E-state index contributed by atoms with van der Waals surface area (Å²) in [6, 6.07) is -1.70. The molecule has 0 aliphatic rings. The van der Waals surface area contributed by atoms with Gasteiger partial charge in [-0.05, 0) is 0 Å². The highest BCUT2D eigenvalue weighted by molar-refractivity contribution is 5.83. The standard InChI is InChI=1S/C11H15N7O3/c1-17(5-8-12-6-13-16-8)11(21)15-9(10(19)20)7-3-14-18(2)4-7/h3-4,6,9H,5H2,1-2H3,(H,15,21)(H,19,20)(H,12,13,16). The Labute approximate surface area is 119 Å². The topological polar surface area (TPSA) is 129 Å². The molecule has 0 saturated heterocycles. The quantitative estimate of drug-likeness (QED) is 0.682. The molecule has 10 nitrogen and oxygen atoms in total. The summed E-state index contributed by atoms with van der Waals surface area (Å²) in [4.78, 5) is 28.5. The third-order valence-corrected chi connectivity index (χ3v) is 2.77. The second-order valence-electron chi connectivity index (χ2n) is 4.46. The first-order valence-corrected chi connectivity index (χ1v) is 6.04. The molecule has 21 heavy (non-hydrogen) atoms. The Kier molecular flexibility index (Phi) is 4.16. The Morgan fingerprint density at radius 1 is 1.57 bits per heavy atom. The number of aryl methyl sites for hydroxylation is 1. The first-order valence-electron chi connectivity index (χ1n) is 6.04. The number of hydrogen-bond acceptors (Lipinski definition) is 5. The number of H-pyrrole nitrogens is 1. The molecule has 0 saturated carbocycles. The Morgan fingerprint density at radius 2 is 2.33 bits per heavy atom. The fourth-order valence-corrected chi connectivity index (χ4v) is 1.71. The number of amides is 2. The second-order valence-corrected chi connectivity index (χ2v) is 4.46. The van der Waals surface area contributed by atoms with Crippen molar-refractivity contribution < 1.29 is 14.7 Å². The van der Waals surface area contributed by atoms with E-state index in [1.165, 1.54) is 35.4 Å². The summed E-state index contributed by atoms with van der Waals surface area (Å²) in [6.45, 7) is 0.186. The predicted octanol–water partition coefficient (Wildman–Crippen LogP) is -0.494. The van der Waals surface area contributed by atoms with Crippen molar-refractivity contribution >= 4 is 12.0 Å². The smallest absolute Gasteiger partial charge is 0.331 e. The van der Waals surface area contributed by atoms with E-state index in [0.29, 0.717) is 11.4 Å². The maximum Gasteiger partial charge on any atom is 0.331 e. The van der Waals surface area contributed by atoms with Gasteiger partial charge in [0, 0.05) is 25.9 Å². The zero-order chi connectivity index (χ0) is 15.4. The number of rotatable bonds is 5. The van der Waals surface area contributed by atoms with Crippen molar-refractivity contribution in [1.82, 2.24) is 35.2 Å². The van der Waals surface area contributed by atoms with Crippen LogP contribution in [0.5, 0.6) is 0 Å². The molecule has 0 radical (unpaired) electrons. The van der Waals surface area contributed by atoms with Crippen LogP contribution in [0.3, 0.4) is 0 Å². The molecule has 1 atom stereocenters. The Hall–Kier alpha value is -2.91. The third kappa shape index (κ3) is 3.55. The molecule has 3 N–H and O–H groups in total. The van der Waals surface area contributed by atoms with Crippen molar-refractivity contribution in [2.24, 2.45) is 7.05 Å². The molecular weight excluding hydrogens is 278 g/mol. The Morgan fingerprint density at radius 3 is 2.86 bits per heavy atom. The SMILES string of the molecule is CN(Cc1ncn[nH]1)C(=O)NC(C(=O)O)c1cnn(C)c1. The van der Waals surface area contributed by atoms with Crippen LogP contribution >= 0.6 is 0 Å². The molecule has 1 unspecified atom stereocenters. The Bertz CT molecular complexity index is 622. The van der Waals surface area contributed by atoms with Crippen molar-refractivity contribution in [2.75, 3.05) is 7.05 Å². The number of aliphatic carboxylic acids is 1. The fourth-order valence-electron chi connectivity index (χ4n) is 1.71. The molecule has 2 rings (SSSR count). The first kappa shape index (κ1) is 14.5. The molecule has 10 heteroatoms. The summed E-state index contributed by atoms with van der Waals surface area (Å²) in [5.41, 5.74) is 0.395. The number of carbonyl (C=O) groups is 2. The van der Waals surface area contributed by atoms with E-state index in [0.717, 1.165) is 0 Å². The number of nitrogens with one attached hydrogen (secondary N) is 2. The molecule has 2 heterocycles. The minimum absolute atomic E-state index is 0.186. The van der Waals surface area contributed by atoms with Gasteiger partial charge in [0.2, 0.25) is 0 Å². The minimum Gasteiger partial charge on any atom is -0.479 e. The molecule has 0 spiro atoms. The van der Waals surface area contributed by atoms with Crippen LogP contribution in [0.25, 0.3) is 0 Å². The average molecular weight is 293 g/mol. The van der Waals surface area contributed by atoms with Crippen LogP contribution < -0.4 is 5.32 Å². The van der Waals surface area contributed by atoms with Gasteiger partial charge in [-0.15, -0.1) is 0 Å². The number of urea groups is 1. The van der Waals surface area contributed by atoms with Gasteiger partial charge in [-0.25, -0.2) is 14.6 Å². The van der Waals surface area contributed by atoms with Gasteiger partial charge in [0.15, 0.2) is 6.04 Å². The zero-order valence-corrected chi connectivity index (χ0v) is 11.5. The van der Waals surface area contributed by atoms with Gasteiger partial charge in [0.25, 0.3) is 0 Å². The van der Waals surface area contributed by atoms with E-state index in [1.54, 1.807) is 7.05 Å². The summed E-state index contributed by atoms with van der Waals surface area (Å²) >= 11 is 0. The number of carbonyl (C=O) groups excluding carboxylic acids is 1. The number of carboxylic acids is 1. The molecular formula is C11H15N7O3. The normalized spacial score (nSPS) is 11.9. The van der Waals surface area contributed by atoms with Crippen LogP contribution in [-0.4, -0.2) is 54.0 Å². The number of carboxylic acid groups (broad SMARTS) is 1. The van der Waals surface area contributed by atoms with Crippen LogP contribution in [0.15, 0.2) is 18.7 Å². The highest BCUT2D eigenvalue weighted by atomic mass is 16.4. The van der Waals surface area contributed by atoms with Crippen LogP contribution in [0.2, 0.25) is 0 Å². The summed E-state index contributed by atoms with van der Waals surface area (Å²) in [7, 11) is 3.19.